The van der Waals surface area contributed by atoms with Gasteiger partial charge in [0.2, 0.25) is 0 Å². The normalized spacial score (nSPS) is 18.7. The van der Waals surface area contributed by atoms with Crippen LogP contribution in [0, 0.1) is 5.92 Å². The molecule has 0 aliphatic carbocycles. The first-order chi connectivity index (χ1) is 9.81. The Balaban J connectivity index is 1.92. The van der Waals surface area contributed by atoms with Crippen LogP contribution in [-0.2, 0) is 0 Å². The quantitative estimate of drug-likeness (QED) is 0.928. The summed E-state index contributed by atoms with van der Waals surface area (Å²) in [7, 11) is 1.70. The number of pyridine rings is 1. The summed E-state index contributed by atoms with van der Waals surface area (Å²) in [5.41, 5.74) is 5.67. The minimum absolute atomic E-state index is 0.704. The van der Waals surface area contributed by atoms with Crippen molar-refractivity contribution in [2.24, 2.45) is 11.7 Å². The average molecular weight is 271 g/mol. The predicted octanol–water partition coefficient (Wildman–Crippen LogP) is 2.42. The Morgan fingerprint density at radius 3 is 3.10 bits per heavy atom. The first-order valence-electron chi connectivity index (χ1n) is 7.19. The van der Waals surface area contributed by atoms with Gasteiger partial charge in [-0.3, -0.25) is 0 Å². The van der Waals surface area contributed by atoms with Crippen molar-refractivity contribution in [3.8, 4) is 5.75 Å². The number of nitrogens with two attached hydrogens (primary N) is 1. The highest BCUT2D eigenvalue weighted by Gasteiger charge is 2.23. The van der Waals surface area contributed by atoms with E-state index in [2.05, 4.69) is 22.0 Å². The zero-order valence-corrected chi connectivity index (χ0v) is 11.9. The Hall–Kier alpha value is -1.81. The van der Waals surface area contributed by atoms with Gasteiger partial charge in [-0.25, -0.2) is 4.98 Å². The van der Waals surface area contributed by atoms with E-state index in [1.165, 1.54) is 17.2 Å². The van der Waals surface area contributed by atoms with Gasteiger partial charge in [-0.05, 0) is 55.0 Å². The van der Waals surface area contributed by atoms with Crippen molar-refractivity contribution in [2.75, 3.05) is 31.6 Å². The highest BCUT2D eigenvalue weighted by molar-refractivity contribution is 5.93. The van der Waals surface area contributed by atoms with Gasteiger partial charge in [0, 0.05) is 24.7 Å². The van der Waals surface area contributed by atoms with E-state index in [4.69, 9.17) is 10.5 Å². The Kier molecular flexibility index (Phi) is 3.74. The molecule has 2 heterocycles. The number of nitrogens with zero attached hydrogens (tertiary/aromatic N) is 2. The van der Waals surface area contributed by atoms with Gasteiger partial charge >= 0.3 is 0 Å². The number of ether oxygens (including phenoxy) is 1. The van der Waals surface area contributed by atoms with Gasteiger partial charge in [0.1, 0.15) is 11.6 Å². The van der Waals surface area contributed by atoms with Crippen LogP contribution < -0.4 is 15.4 Å². The minimum atomic E-state index is 0.704. The van der Waals surface area contributed by atoms with Crippen molar-refractivity contribution >= 4 is 16.6 Å². The molecule has 1 saturated heterocycles. The molecule has 1 fully saturated rings. The number of methoxy groups -OCH3 is 1. The summed E-state index contributed by atoms with van der Waals surface area (Å²) < 4.78 is 5.29. The standard InChI is InChI=1S/C16H21N3O/c1-20-14-2-3-15-13(10-14)5-8-18-16(15)19-9-6-12(11-19)4-7-17/h2-3,5,8,10,12H,4,6-7,9,11,17H2,1H3. The summed E-state index contributed by atoms with van der Waals surface area (Å²) in [6, 6.07) is 8.20. The van der Waals surface area contributed by atoms with Crippen molar-refractivity contribution in [1.29, 1.82) is 0 Å². The molecule has 106 valence electrons. The molecule has 1 aromatic carbocycles. The number of benzene rings is 1. The van der Waals surface area contributed by atoms with Crippen LogP contribution in [0.5, 0.6) is 5.75 Å². The van der Waals surface area contributed by atoms with E-state index in [1.54, 1.807) is 7.11 Å². The second-order valence-electron chi connectivity index (χ2n) is 5.40. The zero-order valence-electron chi connectivity index (χ0n) is 11.9. The molecule has 0 amide bonds. The summed E-state index contributed by atoms with van der Waals surface area (Å²) >= 11 is 0. The van der Waals surface area contributed by atoms with Crippen LogP contribution in [0.2, 0.25) is 0 Å². The van der Waals surface area contributed by atoms with Gasteiger partial charge in [-0.2, -0.15) is 0 Å². The lowest BCUT2D eigenvalue weighted by Crippen LogP contribution is -2.21. The number of anilines is 1. The predicted molar refractivity (Wildman–Crippen MR) is 82.3 cm³/mol. The highest BCUT2D eigenvalue weighted by atomic mass is 16.5. The molecule has 1 aliphatic rings. The third-order valence-corrected chi connectivity index (χ3v) is 4.11. The molecule has 1 atom stereocenters. The molecule has 2 aromatic rings. The summed E-state index contributed by atoms with van der Waals surface area (Å²) in [4.78, 5) is 6.98. The molecule has 2 N–H and O–H groups in total. The number of aromatic nitrogens is 1. The first-order valence-corrected chi connectivity index (χ1v) is 7.19. The van der Waals surface area contributed by atoms with Crippen LogP contribution in [0.3, 0.4) is 0 Å². The van der Waals surface area contributed by atoms with E-state index in [1.807, 2.05) is 18.3 Å². The van der Waals surface area contributed by atoms with E-state index < -0.39 is 0 Å². The molecule has 0 radical (unpaired) electrons. The molecule has 20 heavy (non-hydrogen) atoms. The number of hydrogen-bond acceptors (Lipinski definition) is 4. The lowest BCUT2D eigenvalue weighted by atomic mass is 10.1. The molecule has 4 nitrogen and oxygen atoms in total. The molecule has 0 saturated carbocycles. The smallest absolute Gasteiger partial charge is 0.136 e. The molecule has 1 aromatic heterocycles. The van der Waals surface area contributed by atoms with Crippen LogP contribution in [0.4, 0.5) is 5.82 Å². The molecular weight excluding hydrogens is 250 g/mol. The van der Waals surface area contributed by atoms with Crippen LogP contribution in [0.1, 0.15) is 12.8 Å². The van der Waals surface area contributed by atoms with E-state index in [0.29, 0.717) is 5.92 Å². The first kappa shape index (κ1) is 13.2. The molecule has 4 heteroatoms. The Labute approximate surface area is 119 Å². The van der Waals surface area contributed by atoms with Gasteiger partial charge in [0.25, 0.3) is 0 Å². The van der Waals surface area contributed by atoms with E-state index >= 15 is 0 Å². The van der Waals surface area contributed by atoms with Gasteiger partial charge in [-0.1, -0.05) is 0 Å². The third kappa shape index (κ3) is 2.43. The van der Waals surface area contributed by atoms with Gasteiger partial charge in [-0.15, -0.1) is 0 Å². The fourth-order valence-electron chi connectivity index (χ4n) is 3.02. The number of rotatable bonds is 4. The maximum atomic E-state index is 5.67. The fourth-order valence-corrected chi connectivity index (χ4v) is 3.02. The molecule has 0 bridgehead atoms. The van der Waals surface area contributed by atoms with Crippen molar-refractivity contribution in [3.05, 3.63) is 30.5 Å². The largest absolute Gasteiger partial charge is 0.497 e. The monoisotopic (exact) mass is 271 g/mol. The minimum Gasteiger partial charge on any atom is -0.497 e. The SMILES string of the molecule is COc1ccc2c(N3CCC(CCN)C3)nccc2c1. The summed E-state index contributed by atoms with van der Waals surface area (Å²) in [5, 5.41) is 2.37. The maximum absolute atomic E-state index is 5.67. The second kappa shape index (κ2) is 5.67. The highest BCUT2D eigenvalue weighted by Crippen LogP contribution is 2.31. The van der Waals surface area contributed by atoms with Crippen molar-refractivity contribution in [1.82, 2.24) is 4.98 Å². The lowest BCUT2D eigenvalue weighted by Gasteiger charge is -2.19. The molecule has 3 rings (SSSR count). The van der Waals surface area contributed by atoms with Gasteiger partial charge < -0.3 is 15.4 Å². The number of fused-ring (bicyclic) bond motifs is 1. The summed E-state index contributed by atoms with van der Waals surface area (Å²) in [6.45, 7) is 2.91. The van der Waals surface area contributed by atoms with Crippen molar-refractivity contribution in [3.63, 3.8) is 0 Å². The Morgan fingerprint density at radius 2 is 2.30 bits per heavy atom. The maximum Gasteiger partial charge on any atom is 0.136 e. The third-order valence-electron chi connectivity index (χ3n) is 4.11. The van der Waals surface area contributed by atoms with E-state index in [-0.39, 0.29) is 0 Å². The summed E-state index contributed by atoms with van der Waals surface area (Å²) in [6.07, 6.45) is 4.20. The topological polar surface area (TPSA) is 51.4 Å². The van der Waals surface area contributed by atoms with Crippen LogP contribution in [-0.4, -0.2) is 31.7 Å². The van der Waals surface area contributed by atoms with Crippen LogP contribution >= 0.6 is 0 Å². The van der Waals surface area contributed by atoms with Crippen LogP contribution in [0.15, 0.2) is 30.5 Å². The molecule has 0 spiro atoms. The average Bonchev–Trinajstić information content (AvgIpc) is 2.95. The van der Waals surface area contributed by atoms with Crippen molar-refractivity contribution < 1.29 is 4.74 Å². The van der Waals surface area contributed by atoms with Crippen LogP contribution in [0.25, 0.3) is 10.8 Å². The van der Waals surface area contributed by atoms with E-state index in [0.717, 1.165) is 37.6 Å². The zero-order chi connectivity index (χ0) is 13.9. The lowest BCUT2D eigenvalue weighted by molar-refractivity contribution is 0.415. The van der Waals surface area contributed by atoms with Gasteiger partial charge in [0.15, 0.2) is 0 Å². The fraction of sp³-hybridized carbons (Fsp3) is 0.438. The molecular formula is C16H21N3O. The molecule has 1 unspecified atom stereocenters. The van der Waals surface area contributed by atoms with E-state index in [9.17, 15) is 0 Å². The Bertz CT molecular complexity index is 599. The van der Waals surface area contributed by atoms with Crippen molar-refractivity contribution in [2.45, 2.75) is 12.8 Å². The van der Waals surface area contributed by atoms with Gasteiger partial charge in [0.05, 0.1) is 7.11 Å². The number of hydrogen-bond donors (Lipinski definition) is 1. The summed E-state index contributed by atoms with van der Waals surface area (Å²) in [5.74, 6) is 2.68. The molecule has 1 aliphatic heterocycles. The Morgan fingerprint density at radius 1 is 1.40 bits per heavy atom. The second-order valence-corrected chi connectivity index (χ2v) is 5.40.